The summed E-state index contributed by atoms with van der Waals surface area (Å²) in [4.78, 5) is 0. The zero-order valence-electron chi connectivity index (χ0n) is 11.0. The molecule has 1 saturated carbocycles. The topological polar surface area (TPSA) is 26.0 Å². The first-order valence-electron chi connectivity index (χ1n) is 6.69. The van der Waals surface area contributed by atoms with Gasteiger partial charge in [-0.15, -0.1) is 0 Å². The highest BCUT2D eigenvalue weighted by molar-refractivity contribution is 5.22. The number of rotatable bonds is 2. The van der Waals surface area contributed by atoms with E-state index in [4.69, 9.17) is 5.73 Å². The van der Waals surface area contributed by atoms with E-state index in [2.05, 4.69) is 13.8 Å². The third-order valence-electron chi connectivity index (χ3n) is 4.47. The lowest BCUT2D eigenvalue weighted by Gasteiger charge is -2.35. The Balaban J connectivity index is 2.13. The second-order valence-electron chi connectivity index (χ2n) is 5.72. The third-order valence-corrected chi connectivity index (χ3v) is 4.47. The number of hydrogen-bond donors (Lipinski definition) is 1. The summed E-state index contributed by atoms with van der Waals surface area (Å²) < 4.78 is 26.6. The Morgan fingerprint density at radius 3 is 2.50 bits per heavy atom. The van der Waals surface area contributed by atoms with E-state index in [1.807, 2.05) is 0 Å². The highest BCUT2D eigenvalue weighted by atomic mass is 19.1. The van der Waals surface area contributed by atoms with Crippen molar-refractivity contribution < 1.29 is 8.78 Å². The van der Waals surface area contributed by atoms with Gasteiger partial charge in [-0.3, -0.25) is 0 Å². The zero-order chi connectivity index (χ0) is 13.3. The molecule has 0 heterocycles. The Morgan fingerprint density at radius 2 is 1.89 bits per heavy atom. The lowest BCUT2D eigenvalue weighted by atomic mass is 9.72. The standard InChI is InChI=1S/C15H21F2N/c1-9-3-4-11(7-10(9)2)15(18)13-6-5-12(16)8-14(13)17/h5-6,8-11,15H,3-4,7,18H2,1-2H3. The van der Waals surface area contributed by atoms with Crippen LogP contribution in [0.5, 0.6) is 0 Å². The predicted octanol–water partition coefficient (Wildman–Crippen LogP) is 4.04. The summed E-state index contributed by atoms with van der Waals surface area (Å²) in [6.07, 6.45) is 3.20. The van der Waals surface area contributed by atoms with E-state index in [1.165, 1.54) is 12.1 Å². The predicted molar refractivity (Wildman–Crippen MR) is 69.0 cm³/mol. The minimum atomic E-state index is -0.547. The fourth-order valence-corrected chi connectivity index (χ4v) is 2.94. The van der Waals surface area contributed by atoms with Crippen LogP contribution in [0.2, 0.25) is 0 Å². The first-order chi connectivity index (χ1) is 8.49. The molecule has 1 aromatic rings. The van der Waals surface area contributed by atoms with Crippen LogP contribution in [0.15, 0.2) is 18.2 Å². The molecule has 0 aromatic heterocycles. The van der Waals surface area contributed by atoms with Crippen LogP contribution < -0.4 is 5.73 Å². The highest BCUT2D eigenvalue weighted by Crippen LogP contribution is 2.39. The van der Waals surface area contributed by atoms with Gasteiger partial charge in [0.15, 0.2) is 0 Å². The molecule has 100 valence electrons. The van der Waals surface area contributed by atoms with Gasteiger partial charge in [-0.25, -0.2) is 8.78 Å². The summed E-state index contributed by atoms with van der Waals surface area (Å²) in [5.74, 6) is 0.573. The maximum absolute atomic E-state index is 13.7. The van der Waals surface area contributed by atoms with Crippen LogP contribution >= 0.6 is 0 Å². The van der Waals surface area contributed by atoms with Crippen molar-refractivity contribution in [2.24, 2.45) is 23.5 Å². The molecule has 4 unspecified atom stereocenters. The summed E-state index contributed by atoms with van der Waals surface area (Å²) >= 11 is 0. The number of halogens is 2. The Morgan fingerprint density at radius 1 is 1.17 bits per heavy atom. The summed E-state index contributed by atoms with van der Waals surface area (Å²) in [5.41, 5.74) is 6.61. The van der Waals surface area contributed by atoms with Gasteiger partial charge in [-0.2, -0.15) is 0 Å². The van der Waals surface area contributed by atoms with Crippen LogP contribution in [-0.2, 0) is 0 Å². The van der Waals surface area contributed by atoms with Gasteiger partial charge in [-0.05, 0) is 36.7 Å². The molecular weight excluding hydrogens is 232 g/mol. The molecule has 2 rings (SSSR count). The van der Waals surface area contributed by atoms with E-state index >= 15 is 0 Å². The molecule has 0 aliphatic heterocycles. The first kappa shape index (κ1) is 13.5. The molecular formula is C15H21F2N. The molecule has 1 aliphatic carbocycles. The van der Waals surface area contributed by atoms with Gasteiger partial charge in [0.1, 0.15) is 11.6 Å². The Kier molecular flexibility index (Phi) is 4.00. The molecule has 1 nitrogen and oxygen atoms in total. The molecule has 0 bridgehead atoms. The van der Waals surface area contributed by atoms with E-state index in [0.717, 1.165) is 25.3 Å². The molecule has 18 heavy (non-hydrogen) atoms. The molecule has 3 heteroatoms. The smallest absolute Gasteiger partial charge is 0.130 e. The fourth-order valence-electron chi connectivity index (χ4n) is 2.94. The third kappa shape index (κ3) is 2.72. The van der Waals surface area contributed by atoms with Gasteiger partial charge in [0.2, 0.25) is 0 Å². The minimum Gasteiger partial charge on any atom is -0.324 e. The van der Waals surface area contributed by atoms with Crippen molar-refractivity contribution in [2.75, 3.05) is 0 Å². The summed E-state index contributed by atoms with van der Waals surface area (Å²) in [6.45, 7) is 4.48. The van der Waals surface area contributed by atoms with E-state index < -0.39 is 11.6 Å². The van der Waals surface area contributed by atoms with Crippen LogP contribution in [0.4, 0.5) is 8.78 Å². The largest absolute Gasteiger partial charge is 0.324 e. The van der Waals surface area contributed by atoms with E-state index in [-0.39, 0.29) is 6.04 Å². The maximum Gasteiger partial charge on any atom is 0.130 e. The maximum atomic E-state index is 13.7. The summed E-state index contributed by atoms with van der Waals surface area (Å²) in [7, 11) is 0. The quantitative estimate of drug-likeness (QED) is 0.845. The van der Waals surface area contributed by atoms with Crippen molar-refractivity contribution in [3.63, 3.8) is 0 Å². The van der Waals surface area contributed by atoms with Crippen LogP contribution in [0.3, 0.4) is 0 Å². The Hall–Kier alpha value is -0.960. The number of benzene rings is 1. The molecule has 1 fully saturated rings. The highest BCUT2D eigenvalue weighted by Gasteiger charge is 2.30. The van der Waals surface area contributed by atoms with Gasteiger partial charge in [0.05, 0.1) is 0 Å². The van der Waals surface area contributed by atoms with Gasteiger partial charge in [0, 0.05) is 17.7 Å². The monoisotopic (exact) mass is 253 g/mol. The zero-order valence-corrected chi connectivity index (χ0v) is 11.0. The Bertz CT molecular complexity index is 419. The van der Waals surface area contributed by atoms with Crippen molar-refractivity contribution in [3.05, 3.63) is 35.4 Å². The summed E-state index contributed by atoms with van der Waals surface area (Å²) in [6, 6.07) is 3.37. The lowest BCUT2D eigenvalue weighted by molar-refractivity contribution is 0.184. The van der Waals surface area contributed by atoms with Crippen molar-refractivity contribution in [1.82, 2.24) is 0 Å². The fraction of sp³-hybridized carbons (Fsp3) is 0.600. The summed E-state index contributed by atoms with van der Waals surface area (Å²) in [5, 5.41) is 0. The molecule has 1 aliphatic rings. The van der Waals surface area contributed by atoms with Gasteiger partial charge >= 0.3 is 0 Å². The first-order valence-corrected chi connectivity index (χ1v) is 6.69. The van der Waals surface area contributed by atoms with Crippen molar-refractivity contribution >= 4 is 0 Å². The second kappa shape index (κ2) is 5.35. The number of nitrogens with two attached hydrogens (primary N) is 1. The van der Waals surface area contributed by atoms with Gasteiger partial charge in [-0.1, -0.05) is 26.3 Å². The van der Waals surface area contributed by atoms with Gasteiger partial charge < -0.3 is 5.73 Å². The average Bonchev–Trinajstić information content (AvgIpc) is 2.32. The van der Waals surface area contributed by atoms with Crippen molar-refractivity contribution in [1.29, 1.82) is 0 Å². The van der Waals surface area contributed by atoms with E-state index in [1.54, 1.807) is 0 Å². The van der Waals surface area contributed by atoms with Gasteiger partial charge in [0.25, 0.3) is 0 Å². The van der Waals surface area contributed by atoms with Crippen LogP contribution in [-0.4, -0.2) is 0 Å². The SMILES string of the molecule is CC1CCC(C(N)c2ccc(F)cc2F)CC1C. The van der Waals surface area contributed by atoms with Crippen LogP contribution in [0.25, 0.3) is 0 Å². The van der Waals surface area contributed by atoms with Crippen LogP contribution in [0, 0.1) is 29.4 Å². The molecule has 2 N–H and O–H groups in total. The van der Waals surface area contributed by atoms with E-state index in [0.29, 0.717) is 23.3 Å². The van der Waals surface area contributed by atoms with Crippen molar-refractivity contribution in [3.8, 4) is 0 Å². The lowest BCUT2D eigenvalue weighted by Crippen LogP contribution is -2.30. The molecule has 0 amide bonds. The molecule has 0 spiro atoms. The molecule has 1 aromatic carbocycles. The molecule has 0 radical (unpaired) electrons. The van der Waals surface area contributed by atoms with E-state index in [9.17, 15) is 8.78 Å². The second-order valence-corrected chi connectivity index (χ2v) is 5.72. The average molecular weight is 253 g/mol. The van der Waals surface area contributed by atoms with Crippen molar-refractivity contribution in [2.45, 2.75) is 39.2 Å². The number of hydrogen-bond acceptors (Lipinski definition) is 1. The van der Waals surface area contributed by atoms with Crippen LogP contribution in [0.1, 0.15) is 44.7 Å². The normalized spacial score (nSPS) is 30.2. The molecule has 4 atom stereocenters. The Labute approximate surface area is 107 Å². The molecule has 0 saturated heterocycles. The minimum absolute atomic E-state index is 0.302.